The summed E-state index contributed by atoms with van der Waals surface area (Å²) in [5.74, 6) is 2.31. The molecule has 0 spiro atoms. The molecule has 0 aromatic heterocycles. The molecule has 0 amide bonds. The van der Waals surface area contributed by atoms with Crippen molar-refractivity contribution in [1.29, 1.82) is 0 Å². The molecule has 5 heteroatoms. The van der Waals surface area contributed by atoms with Crippen LogP contribution < -0.4 is 5.32 Å². The molecule has 0 radical (unpaired) electrons. The van der Waals surface area contributed by atoms with Crippen LogP contribution in [0.15, 0.2) is 12.1 Å². The molecule has 100 valence electrons. The second kappa shape index (κ2) is 5.70. The smallest absolute Gasteiger partial charge is 0.0653 e. The van der Waals surface area contributed by atoms with Gasteiger partial charge < -0.3 is 5.32 Å². The van der Waals surface area contributed by atoms with Crippen molar-refractivity contribution in [2.24, 2.45) is 5.41 Å². The molecule has 1 atom stereocenters. The minimum absolute atomic E-state index is 0.364. The molecule has 0 saturated carbocycles. The fourth-order valence-electron chi connectivity index (χ4n) is 2.21. The molecule has 0 aliphatic carbocycles. The van der Waals surface area contributed by atoms with E-state index in [4.69, 9.17) is 34.8 Å². The van der Waals surface area contributed by atoms with Crippen LogP contribution in [0.3, 0.4) is 0 Å². The predicted molar refractivity (Wildman–Crippen MR) is 84.6 cm³/mol. The molecule has 1 saturated heterocycles. The van der Waals surface area contributed by atoms with E-state index in [1.165, 1.54) is 5.75 Å². The molecule has 1 fully saturated rings. The standard InChI is InChI=1S/C13H16Cl3NS/c1-13(2)5-8(6-18-7-13)17-12-4-10(15)9(14)3-11(12)16/h3-4,8,17H,5-7H2,1-2H3. The molecular formula is C13H16Cl3NS. The largest absolute Gasteiger partial charge is 0.380 e. The van der Waals surface area contributed by atoms with Gasteiger partial charge in [-0.15, -0.1) is 0 Å². The zero-order chi connectivity index (χ0) is 13.3. The topological polar surface area (TPSA) is 12.0 Å². The molecule has 18 heavy (non-hydrogen) atoms. The Kier molecular flexibility index (Phi) is 4.64. The van der Waals surface area contributed by atoms with Crippen LogP contribution in [0.1, 0.15) is 20.3 Å². The summed E-state index contributed by atoms with van der Waals surface area (Å²) in [6.45, 7) is 4.59. The summed E-state index contributed by atoms with van der Waals surface area (Å²) < 4.78 is 0. The maximum absolute atomic E-state index is 6.18. The quantitative estimate of drug-likeness (QED) is 0.712. The first kappa shape index (κ1) is 14.6. The summed E-state index contributed by atoms with van der Waals surface area (Å²) in [5.41, 5.74) is 1.23. The average molecular weight is 325 g/mol. The van der Waals surface area contributed by atoms with Crippen LogP contribution in [0, 0.1) is 5.41 Å². The van der Waals surface area contributed by atoms with E-state index in [2.05, 4.69) is 19.2 Å². The maximum atomic E-state index is 6.18. The van der Waals surface area contributed by atoms with E-state index in [1.54, 1.807) is 12.1 Å². The van der Waals surface area contributed by atoms with E-state index in [1.807, 2.05) is 11.8 Å². The number of benzene rings is 1. The van der Waals surface area contributed by atoms with Crippen molar-refractivity contribution < 1.29 is 0 Å². The average Bonchev–Trinajstić information content (AvgIpc) is 2.24. The zero-order valence-corrected chi connectivity index (χ0v) is 13.5. The van der Waals surface area contributed by atoms with Gasteiger partial charge >= 0.3 is 0 Å². The van der Waals surface area contributed by atoms with Crippen molar-refractivity contribution in [3.8, 4) is 0 Å². The molecule has 1 N–H and O–H groups in total. The maximum Gasteiger partial charge on any atom is 0.0653 e. The van der Waals surface area contributed by atoms with Gasteiger partial charge in [0.05, 0.1) is 20.8 Å². The van der Waals surface area contributed by atoms with Gasteiger partial charge in [-0.3, -0.25) is 0 Å². The Hall–Kier alpha value is 0.240. The van der Waals surface area contributed by atoms with Crippen LogP contribution in [0.5, 0.6) is 0 Å². The van der Waals surface area contributed by atoms with Crippen molar-refractivity contribution in [2.45, 2.75) is 26.3 Å². The SMILES string of the molecule is CC1(C)CSCC(Nc2cc(Cl)c(Cl)cc2Cl)C1. The lowest BCUT2D eigenvalue weighted by Gasteiger charge is -2.35. The third-order valence-electron chi connectivity index (χ3n) is 2.98. The minimum Gasteiger partial charge on any atom is -0.380 e. The molecule has 1 aromatic carbocycles. The Labute approximate surface area is 128 Å². The summed E-state index contributed by atoms with van der Waals surface area (Å²) in [6, 6.07) is 3.92. The number of anilines is 1. The van der Waals surface area contributed by atoms with Crippen molar-refractivity contribution >= 4 is 52.3 Å². The summed E-state index contributed by atoms with van der Waals surface area (Å²) in [7, 11) is 0. The van der Waals surface area contributed by atoms with Gasteiger partial charge in [-0.1, -0.05) is 48.7 Å². The van der Waals surface area contributed by atoms with E-state index in [0.29, 0.717) is 26.5 Å². The first-order valence-electron chi connectivity index (χ1n) is 5.86. The number of hydrogen-bond donors (Lipinski definition) is 1. The molecule has 2 rings (SSSR count). The van der Waals surface area contributed by atoms with Crippen molar-refractivity contribution in [1.82, 2.24) is 0 Å². The predicted octanol–water partition coefficient (Wildman–Crippen LogP) is 5.59. The van der Waals surface area contributed by atoms with Crippen LogP contribution >= 0.6 is 46.6 Å². The third kappa shape index (κ3) is 3.63. The fraction of sp³-hybridized carbons (Fsp3) is 0.538. The van der Waals surface area contributed by atoms with Crippen LogP contribution in [0.25, 0.3) is 0 Å². The highest BCUT2D eigenvalue weighted by Crippen LogP contribution is 2.37. The van der Waals surface area contributed by atoms with Gasteiger partial charge in [0.1, 0.15) is 0 Å². The molecule has 1 aliphatic rings. The van der Waals surface area contributed by atoms with Gasteiger partial charge in [-0.05, 0) is 29.7 Å². The Morgan fingerprint density at radius 2 is 1.83 bits per heavy atom. The normalized spacial score (nSPS) is 22.8. The monoisotopic (exact) mass is 323 g/mol. The van der Waals surface area contributed by atoms with Gasteiger partial charge in [-0.25, -0.2) is 0 Å². The Morgan fingerprint density at radius 3 is 2.50 bits per heavy atom. The Morgan fingerprint density at radius 1 is 1.17 bits per heavy atom. The van der Waals surface area contributed by atoms with Crippen LogP contribution in [0.2, 0.25) is 15.1 Å². The second-order valence-corrected chi connectivity index (χ2v) is 7.72. The van der Waals surface area contributed by atoms with Gasteiger partial charge in [0.15, 0.2) is 0 Å². The van der Waals surface area contributed by atoms with Gasteiger partial charge in [-0.2, -0.15) is 11.8 Å². The highest BCUT2D eigenvalue weighted by atomic mass is 35.5. The summed E-state index contributed by atoms with van der Waals surface area (Å²) in [5, 5.41) is 5.12. The Bertz CT molecular complexity index is 448. The van der Waals surface area contributed by atoms with Crippen molar-refractivity contribution in [3.63, 3.8) is 0 Å². The molecule has 0 bridgehead atoms. The van der Waals surface area contributed by atoms with Gasteiger partial charge in [0, 0.05) is 11.8 Å². The molecule has 1 aliphatic heterocycles. The van der Waals surface area contributed by atoms with Crippen molar-refractivity contribution in [3.05, 3.63) is 27.2 Å². The summed E-state index contributed by atoms with van der Waals surface area (Å²) >= 11 is 20.1. The number of hydrogen-bond acceptors (Lipinski definition) is 2. The Balaban J connectivity index is 2.12. The first-order chi connectivity index (χ1) is 8.37. The number of nitrogens with one attached hydrogen (secondary N) is 1. The zero-order valence-electron chi connectivity index (χ0n) is 10.4. The van der Waals surface area contributed by atoms with E-state index in [0.717, 1.165) is 17.9 Å². The lowest BCUT2D eigenvalue weighted by atomic mass is 9.88. The van der Waals surface area contributed by atoms with E-state index >= 15 is 0 Å². The van der Waals surface area contributed by atoms with Crippen LogP contribution in [0.4, 0.5) is 5.69 Å². The van der Waals surface area contributed by atoms with Crippen LogP contribution in [-0.2, 0) is 0 Å². The van der Waals surface area contributed by atoms with E-state index in [-0.39, 0.29) is 0 Å². The summed E-state index contributed by atoms with van der Waals surface area (Å²) in [6.07, 6.45) is 1.14. The number of thioether (sulfide) groups is 1. The van der Waals surface area contributed by atoms with Crippen LogP contribution in [-0.4, -0.2) is 17.5 Å². The molecule has 1 nitrogen and oxygen atoms in total. The molecule has 1 heterocycles. The third-order valence-corrected chi connectivity index (χ3v) is 5.64. The minimum atomic E-state index is 0.364. The number of rotatable bonds is 2. The van der Waals surface area contributed by atoms with Gasteiger partial charge in [0.2, 0.25) is 0 Å². The summed E-state index contributed by atoms with van der Waals surface area (Å²) in [4.78, 5) is 0. The lowest BCUT2D eigenvalue weighted by molar-refractivity contribution is 0.358. The molecule has 1 aromatic rings. The highest BCUT2D eigenvalue weighted by molar-refractivity contribution is 7.99. The van der Waals surface area contributed by atoms with E-state index < -0.39 is 0 Å². The highest BCUT2D eigenvalue weighted by Gasteiger charge is 2.28. The molecular weight excluding hydrogens is 309 g/mol. The van der Waals surface area contributed by atoms with Gasteiger partial charge in [0.25, 0.3) is 0 Å². The second-order valence-electron chi connectivity index (χ2n) is 5.47. The van der Waals surface area contributed by atoms with Crippen molar-refractivity contribution in [2.75, 3.05) is 16.8 Å². The number of halogens is 3. The van der Waals surface area contributed by atoms with E-state index in [9.17, 15) is 0 Å². The lowest BCUT2D eigenvalue weighted by Crippen LogP contribution is -2.35. The first-order valence-corrected chi connectivity index (χ1v) is 8.15. The fourth-order valence-corrected chi connectivity index (χ4v) is 4.08. The molecule has 1 unspecified atom stereocenters.